The second kappa shape index (κ2) is 8.49. The molecule has 1 amide bonds. The normalized spacial score (nSPS) is 21.6. The Labute approximate surface area is 144 Å². The fourth-order valence-corrected chi connectivity index (χ4v) is 3.50. The number of nitrogens with zero attached hydrogens (tertiary/aromatic N) is 1. The van der Waals surface area contributed by atoms with E-state index in [1.165, 1.54) is 25.9 Å². The molecule has 5 heteroatoms. The van der Waals surface area contributed by atoms with Crippen molar-refractivity contribution in [1.82, 2.24) is 10.2 Å². The SMILES string of the molecule is Cc1cc(NC(=O)C2CCCNC2)ccc1OCCN1CCCC1. The molecule has 0 bridgehead atoms. The van der Waals surface area contributed by atoms with E-state index in [4.69, 9.17) is 4.74 Å². The van der Waals surface area contributed by atoms with Crippen LogP contribution in [0.15, 0.2) is 18.2 Å². The number of carbonyl (C=O) groups is 1. The smallest absolute Gasteiger partial charge is 0.228 e. The maximum atomic E-state index is 12.3. The van der Waals surface area contributed by atoms with E-state index >= 15 is 0 Å². The third-order valence-electron chi connectivity index (χ3n) is 4.97. The zero-order valence-corrected chi connectivity index (χ0v) is 14.6. The summed E-state index contributed by atoms with van der Waals surface area (Å²) in [6.07, 6.45) is 4.66. The van der Waals surface area contributed by atoms with Gasteiger partial charge in [-0.25, -0.2) is 0 Å². The van der Waals surface area contributed by atoms with E-state index < -0.39 is 0 Å². The van der Waals surface area contributed by atoms with Gasteiger partial charge >= 0.3 is 0 Å². The minimum atomic E-state index is 0.0791. The zero-order valence-electron chi connectivity index (χ0n) is 14.6. The van der Waals surface area contributed by atoms with Crippen molar-refractivity contribution in [3.05, 3.63) is 23.8 Å². The number of hydrogen-bond acceptors (Lipinski definition) is 4. The molecule has 1 atom stereocenters. The second-order valence-electron chi connectivity index (χ2n) is 6.91. The van der Waals surface area contributed by atoms with Crippen molar-refractivity contribution in [2.75, 3.05) is 44.6 Å². The molecule has 0 aromatic heterocycles. The highest BCUT2D eigenvalue weighted by molar-refractivity contribution is 5.92. The van der Waals surface area contributed by atoms with Crippen LogP contribution in [0.1, 0.15) is 31.2 Å². The number of likely N-dealkylation sites (tertiary alicyclic amines) is 1. The van der Waals surface area contributed by atoms with E-state index in [0.29, 0.717) is 0 Å². The average molecular weight is 331 g/mol. The topological polar surface area (TPSA) is 53.6 Å². The van der Waals surface area contributed by atoms with Crippen molar-refractivity contribution in [2.24, 2.45) is 5.92 Å². The van der Waals surface area contributed by atoms with Crippen molar-refractivity contribution in [3.63, 3.8) is 0 Å². The van der Waals surface area contributed by atoms with Crippen molar-refractivity contribution >= 4 is 11.6 Å². The number of hydrogen-bond donors (Lipinski definition) is 2. The molecule has 2 heterocycles. The highest BCUT2D eigenvalue weighted by Gasteiger charge is 2.21. The summed E-state index contributed by atoms with van der Waals surface area (Å²) in [4.78, 5) is 14.7. The third kappa shape index (κ3) is 4.71. The van der Waals surface area contributed by atoms with Crippen LogP contribution in [0.3, 0.4) is 0 Å². The summed E-state index contributed by atoms with van der Waals surface area (Å²) in [6, 6.07) is 5.90. The van der Waals surface area contributed by atoms with E-state index in [2.05, 4.69) is 15.5 Å². The Morgan fingerprint density at radius 3 is 2.88 bits per heavy atom. The van der Waals surface area contributed by atoms with Gasteiger partial charge in [0.2, 0.25) is 5.91 Å². The van der Waals surface area contributed by atoms with Gasteiger partial charge in [-0.3, -0.25) is 9.69 Å². The van der Waals surface area contributed by atoms with E-state index in [9.17, 15) is 4.79 Å². The molecule has 0 aliphatic carbocycles. The molecule has 0 spiro atoms. The Morgan fingerprint density at radius 1 is 1.33 bits per heavy atom. The molecule has 2 fully saturated rings. The van der Waals surface area contributed by atoms with E-state index in [0.717, 1.165) is 56.1 Å². The number of piperidine rings is 1. The first-order valence-corrected chi connectivity index (χ1v) is 9.20. The molecule has 1 unspecified atom stereocenters. The Hall–Kier alpha value is -1.59. The monoisotopic (exact) mass is 331 g/mol. The van der Waals surface area contributed by atoms with Crippen molar-refractivity contribution in [2.45, 2.75) is 32.6 Å². The summed E-state index contributed by atoms with van der Waals surface area (Å²) in [7, 11) is 0. The number of benzene rings is 1. The molecule has 2 aliphatic rings. The van der Waals surface area contributed by atoms with Gasteiger partial charge < -0.3 is 15.4 Å². The fourth-order valence-electron chi connectivity index (χ4n) is 3.50. The fraction of sp³-hybridized carbons (Fsp3) is 0.632. The van der Waals surface area contributed by atoms with Crippen LogP contribution in [0.2, 0.25) is 0 Å². The van der Waals surface area contributed by atoms with Crippen molar-refractivity contribution in [1.29, 1.82) is 0 Å². The lowest BCUT2D eigenvalue weighted by atomic mass is 9.99. The largest absolute Gasteiger partial charge is 0.492 e. The number of anilines is 1. The van der Waals surface area contributed by atoms with Gasteiger partial charge in [0, 0.05) is 18.8 Å². The molecule has 2 aliphatic heterocycles. The van der Waals surface area contributed by atoms with Gasteiger partial charge in [-0.2, -0.15) is 0 Å². The minimum Gasteiger partial charge on any atom is -0.492 e. The Balaban J connectivity index is 1.49. The van der Waals surface area contributed by atoms with Gasteiger partial charge in [-0.1, -0.05) is 0 Å². The molecule has 3 rings (SSSR count). The molecular weight excluding hydrogens is 302 g/mol. The number of rotatable bonds is 6. The molecule has 132 valence electrons. The van der Waals surface area contributed by atoms with E-state index in [1.54, 1.807) is 0 Å². The van der Waals surface area contributed by atoms with Gasteiger partial charge in [0.25, 0.3) is 0 Å². The summed E-state index contributed by atoms with van der Waals surface area (Å²) < 4.78 is 5.91. The van der Waals surface area contributed by atoms with Gasteiger partial charge in [-0.05, 0) is 76.0 Å². The Bertz CT molecular complexity index is 550. The van der Waals surface area contributed by atoms with E-state index in [1.807, 2.05) is 25.1 Å². The Kier molecular flexibility index (Phi) is 6.10. The molecule has 1 aromatic carbocycles. The van der Waals surface area contributed by atoms with Crippen molar-refractivity contribution in [3.8, 4) is 5.75 Å². The summed E-state index contributed by atoms with van der Waals surface area (Å²) in [5, 5.41) is 6.32. The third-order valence-corrected chi connectivity index (χ3v) is 4.97. The molecule has 5 nitrogen and oxygen atoms in total. The summed E-state index contributed by atoms with van der Waals surface area (Å²) in [5.41, 5.74) is 1.92. The van der Waals surface area contributed by atoms with Crippen LogP contribution in [0.25, 0.3) is 0 Å². The molecule has 0 saturated carbocycles. The molecule has 2 saturated heterocycles. The molecule has 24 heavy (non-hydrogen) atoms. The van der Waals surface area contributed by atoms with Crippen LogP contribution in [0, 0.1) is 12.8 Å². The minimum absolute atomic E-state index is 0.0791. The first-order chi connectivity index (χ1) is 11.7. The molecule has 0 radical (unpaired) electrons. The predicted octanol–water partition coefficient (Wildman–Crippen LogP) is 2.41. The van der Waals surface area contributed by atoms with Gasteiger partial charge in [0.1, 0.15) is 12.4 Å². The first kappa shape index (κ1) is 17.2. The van der Waals surface area contributed by atoms with Crippen LogP contribution in [-0.2, 0) is 4.79 Å². The van der Waals surface area contributed by atoms with Gasteiger partial charge in [0.05, 0.1) is 5.92 Å². The maximum absolute atomic E-state index is 12.3. The first-order valence-electron chi connectivity index (χ1n) is 9.20. The van der Waals surface area contributed by atoms with Crippen LogP contribution in [0.5, 0.6) is 5.75 Å². The lowest BCUT2D eigenvalue weighted by Crippen LogP contribution is -2.37. The molecule has 2 N–H and O–H groups in total. The highest BCUT2D eigenvalue weighted by atomic mass is 16.5. The molecule has 1 aromatic rings. The van der Waals surface area contributed by atoms with Crippen LogP contribution in [-0.4, -0.2) is 50.1 Å². The summed E-state index contributed by atoms with van der Waals surface area (Å²) >= 11 is 0. The number of carbonyl (C=O) groups excluding carboxylic acids is 1. The standard InChI is InChI=1S/C19H29N3O2/c1-15-13-17(21-19(23)16-5-4-8-20-14-16)6-7-18(15)24-12-11-22-9-2-3-10-22/h6-7,13,16,20H,2-5,8-12,14H2,1H3,(H,21,23). The van der Waals surface area contributed by atoms with Crippen LogP contribution in [0.4, 0.5) is 5.69 Å². The predicted molar refractivity (Wildman–Crippen MR) is 96.6 cm³/mol. The van der Waals surface area contributed by atoms with Gasteiger partial charge in [0.15, 0.2) is 0 Å². The van der Waals surface area contributed by atoms with Crippen LogP contribution >= 0.6 is 0 Å². The lowest BCUT2D eigenvalue weighted by Gasteiger charge is -2.22. The lowest BCUT2D eigenvalue weighted by molar-refractivity contribution is -0.120. The number of nitrogens with one attached hydrogen (secondary N) is 2. The quantitative estimate of drug-likeness (QED) is 0.840. The highest BCUT2D eigenvalue weighted by Crippen LogP contribution is 2.23. The molecular formula is C19H29N3O2. The van der Waals surface area contributed by atoms with E-state index in [-0.39, 0.29) is 11.8 Å². The number of aryl methyl sites for hydroxylation is 1. The summed E-state index contributed by atoms with van der Waals surface area (Å²) in [6.45, 7) is 7.94. The van der Waals surface area contributed by atoms with Crippen LogP contribution < -0.4 is 15.4 Å². The zero-order chi connectivity index (χ0) is 16.8. The van der Waals surface area contributed by atoms with Crippen molar-refractivity contribution < 1.29 is 9.53 Å². The van der Waals surface area contributed by atoms with Gasteiger partial charge in [-0.15, -0.1) is 0 Å². The summed E-state index contributed by atoms with van der Waals surface area (Å²) in [5.74, 6) is 1.10. The average Bonchev–Trinajstić information content (AvgIpc) is 3.11. The maximum Gasteiger partial charge on any atom is 0.228 e. The number of ether oxygens (including phenoxy) is 1. The Morgan fingerprint density at radius 2 is 2.17 bits per heavy atom. The number of amides is 1. The second-order valence-corrected chi connectivity index (χ2v) is 6.91.